The second-order valence-corrected chi connectivity index (χ2v) is 24.9. The Morgan fingerprint density at radius 2 is 0.500 bits per heavy atom. The topological polar surface area (TPSA) is 113 Å². The SMILES string of the molecule is c1ccc(-c2nc(-c3ccccc3)nc(-c3ccc(-n4c5ccccc5c5cc(-c6cccc7c6oc6ccccc67)ccc54)cc3)n2)cc1.c1ccc(-c2nc(-c3ccccc3)nc(-c3cccc(-n4c5ccccc5c5cc(-c6cccc7c6oc6ccccc67)ccc54)c3)n2)cc1. The van der Waals surface area contributed by atoms with Crippen LogP contribution in [0.25, 0.3) is 189 Å². The van der Waals surface area contributed by atoms with Crippen LogP contribution in [-0.4, -0.2) is 39.0 Å². The summed E-state index contributed by atoms with van der Waals surface area (Å²) in [6, 6.07) is 117. The molecule has 0 atom stereocenters. The average Bonchev–Trinajstić information content (AvgIpc) is 1.59. The Morgan fingerprint density at radius 1 is 0.190 bits per heavy atom. The third-order valence-electron chi connectivity index (χ3n) is 18.9. The van der Waals surface area contributed by atoms with Crippen molar-refractivity contribution in [2.75, 3.05) is 0 Å². The Labute approximate surface area is 573 Å². The molecule has 6 heterocycles. The fourth-order valence-corrected chi connectivity index (χ4v) is 14.2. The molecule has 0 N–H and O–H groups in total. The van der Waals surface area contributed by atoms with Gasteiger partial charge in [-0.3, -0.25) is 0 Å². The Kier molecular flexibility index (Phi) is 14.0. The van der Waals surface area contributed by atoms with Crippen LogP contribution in [0.2, 0.25) is 0 Å². The number of rotatable bonds is 10. The molecule has 0 saturated carbocycles. The van der Waals surface area contributed by atoms with Crippen molar-refractivity contribution >= 4 is 87.5 Å². The van der Waals surface area contributed by atoms with Gasteiger partial charge in [0.15, 0.2) is 34.9 Å². The van der Waals surface area contributed by atoms with Crippen molar-refractivity contribution in [3.05, 3.63) is 340 Å². The first kappa shape index (κ1) is 57.7. The van der Waals surface area contributed by atoms with Gasteiger partial charge in [0, 0.05) is 99.0 Å². The molecule has 20 rings (SSSR count). The van der Waals surface area contributed by atoms with Gasteiger partial charge in [-0.05, 0) is 96.1 Å². The van der Waals surface area contributed by atoms with Gasteiger partial charge in [0.25, 0.3) is 0 Å². The first-order valence-corrected chi connectivity index (χ1v) is 33.4. The highest BCUT2D eigenvalue weighted by Gasteiger charge is 2.21. The molecule has 0 saturated heterocycles. The maximum absolute atomic E-state index is 6.42. The van der Waals surface area contributed by atoms with E-state index in [1.165, 1.54) is 21.5 Å². The van der Waals surface area contributed by atoms with E-state index in [0.29, 0.717) is 34.9 Å². The lowest BCUT2D eigenvalue weighted by molar-refractivity contribution is 0.669. The lowest BCUT2D eigenvalue weighted by Crippen LogP contribution is -2.01. The van der Waals surface area contributed by atoms with Crippen LogP contribution in [0, 0.1) is 0 Å². The van der Waals surface area contributed by atoms with Crippen LogP contribution in [0.1, 0.15) is 0 Å². The second-order valence-electron chi connectivity index (χ2n) is 24.9. The molecule has 0 spiro atoms. The van der Waals surface area contributed by atoms with E-state index < -0.39 is 0 Å². The molecule has 0 unspecified atom stereocenters. The number of benzene rings is 14. The van der Waals surface area contributed by atoms with Crippen LogP contribution >= 0.6 is 0 Å². The van der Waals surface area contributed by atoms with Crippen LogP contribution in [-0.2, 0) is 0 Å². The first-order valence-electron chi connectivity index (χ1n) is 33.4. The molecule has 14 aromatic carbocycles. The zero-order chi connectivity index (χ0) is 66.0. The van der Waals surface area contributed by atoms with Crippen LogP contribution in [0.3, 0.4) is 0 Å². The number of aromatic nitrogens is 8. The number of furan rings is 2. The van der Waals surface area contributed by atoms with Crippen molar-refractivity contribution in [2.24, 2.45) is 0 Å². The van der Waals surface area contributed by atoms with Gasteiger partial charge in [0.05, 0.1) is 22.1 Å². The summed E-state index contributed by atoms with van der Waals surface area (Å²) in [6.45, 7) is 0. The Balaban J connectivity index is 0.000000139. The van der Waals surface area contributed by atoms with E-state index in [-0.39, 0.29) is 0 Å². The molecule has 100 heavy (non-hydrogen) atoms. The molecule has 10 heteroatoms. The van der Waals surface area contributed by atoms with Crippen molar-refractivity contribution in [2.45, 2.75) is 0 Å². The van der Waals surface area contributed by atoms with Gasteiger partial charge in [-0.2, -0.15) is 0 Å². The van der Waals surface area contributed by atoms with Crippen LogP contribution in [0.4, 0.5) is 0 Å². The predicted octanol–water partition coefficient (Wildman–Crippen LogP) is 23.1. The molecule has 0 fully saturated rings. The third kappa shape index (κ3) is 10.1. The number of hydrogen-bond acceptors (Lipinski definition) is 8. The number of nitrogens with zero attached hydrogens (tertiary/aromatic N) is 8. The summed E-state index contributed by atoms with van der Waals surface area (Å²) in [5.74, 6) is 3.84. The van der Waals surface area contributed by atoms with E-state index in [1.807, 2.05) is 146 Å². The minimum Gasteiger partial charge on any atom is -0.455 e. The summed E-state index contributed by atoms with van der Waals surface area (Å²) < 4.78 is 17.5. The zero-order valence-electron chi connectivity index (χ0n) is 53.7. The summed E-state index contributed by atoms with van der Waals surface area (Å²) in [7, 11) is 0. The van der Waals surface area contributed by atoms with Crippen LogP contribution in [0.15, 0.2) is 349 Å². The molecule has 468 valence electrons. The lowest BCUT2D eigenvalue weighted by atomic mass is 10.0. The highest BCUT2D eigenvalue weighted by atomic mass is 16.3. The summed E-state index contributed by atoms with van der Waals surface area (Å²) in [5, 5.41) is 9.27. The van der Waals surface area contributed by atoms with E-state index in [1.54, 1.807) is 0 Å². The van der Waals surface area contributed by atoms with Gasteiger partial charge >= 0.3 is 0 Å². The van der Waals surface area contributed by atoms with Crippen LogP contribution < -0.4 is 0 Å². The van der Waals surface area contributed by atoms with Gasteiger partial charge < -0.3 is 18.0 Å². The molecule has 0 aliphatic rings. The molecule has 0 aliphatic carbocycles. The number of fused-ring (bicyclic) bond motifs is 12. The molecular weight excluding hydrogens is 1230 g/mol. The molecule has 0 bridgehead atoms. The molecule has 20 aromatic rings. The average molecular weight is 1280 g/mol. The lowest BCUT2D eigenvalue weighted by Gasteiger charge is -2.12. The van der Waals surface area contributed by atoms with Crippen molar-refractivity contribution in [3.8, 4) is 102 Å². The second kappa shape index (κ2) is 24.2. The smallest absolute Gasteiger partial charge is 0.164 e. The van der Waals surface area contributed by atoms with Gasteiger partial charge in [0.1, 0.15) is 22.3 Å². The predicted molar refractivity (Wildman–Crippen MR) is 406 cm³/mol. The van der Waals surface area contributed by atoms with Gasteiger partial charge in [-0.1, -0.05) is 255 Å². The minimum atomic E-state index is 0.626. The standard InChI is InChI=1S/2C45H28N4O/c1-3-13-29(14-4-1)43-46-44(30-15-5-2-6-16-30)48-45(47-43)32-17-11-18-33(27-32)49-39-23-9-7-19-35(39)38-28-31(25-26-40(38)49)34-21-12-22-37-36-20-8-10-24-41(36)50-42(34)37;1-3-12-29(13-4-1)43-46-44(30-14-5-2-6-15-30)48-45(47-43)31-22-25-33(26-23-31)49-39-20-9-7-16-35(39)38-28-32(24-27-40(38)49)34-18-11-19-37-36-17-8-10-21-41(36)50-42(34)37/h2*1-28H. The maximum atomic E-state index is 6.42. The highest BCUT2D eigenvalue weighted by molar-refractivity contribution is 6.15. The first-order chi connectivity index (χ1) is 49.6. The summed E-state index contributed by atoms with van der Waals surface area (Å²) in [5.41, 5.74) is 20.3. The molecule has 0 aliphatic heterocycles. The Bertz CT molecular complexity index is 6400. The minimum absolute atomic E-state index is 0.626. The van der Waals surface area contributed by atoms with Crippen molar-refractivity contribution < 1.29 is 8.83 Å². The number of hydrogen-bond donors (Lipinski definition) is 0. The fourth-order valence-electron chi connectivity index (χ4n) is 14.2. The third-order valence-corrected chi connectivity index (χ3v) is 18.9. The number of para-hydroxylation sites is 6. The quantitative estimate of drug-likeness (QED) is 0.133. The van der Waals surface area contributed by atoms with E-state index in [4.69, 9.17) is 38.7 Å². The molecule has 10 nitrogen and oxygen atoms in total. The summed E-state index contributed by atoms with van der Waals surface area (Å²) in [4.78, 5) is 29.6. The normalized spacial score (nSPS) is 11.6. The zero-order valence-corrected chi connectivity index (χ0v) is 53.7. The summed E-state index contributed by atoms with van der Waals surface area (Å²) in [6.07, 6.45) is 0. The van der Waals surface area contributed by atoms with E-state index >= 15 is 0 Å². The van der Waals surface area contributed by atoms with Crippen LogP contribution in [0.5, 0.6) is 0 Å². The van der Waals surface area contributed by atoms with E-state index in [2.05, 4.69) is 203 Å². The van der Waals surface area contributed by atoms with Gasteiger partial charge in [0.2, 0.25) is 0 Å². The van der Waals surface area contributed by atoms with Gasteiger partial charge in [-0.25, -0.2) is 29.9 Å². The van der Waals surface area contributed by atoms with Crippen molar-refractivity contribution in [1.82, 2.24) is 39.0 Å². The monoisotopic (exact) mass is 1280 g/mol. The molecule has 6 aromatic heterocycles. The fraction of sp³-hybridized carbons (Fsp3) is 0. The van der Waals surface area contributed by atoms with E-state index in [9.17, 15) is 0 Å². The molecular formula is C90H56N8O2. The molecule has 0 radical (unpaired) electrons. The molecule has 0 amide bonds. The Hall–Kier alpha value is -13.7. The van der Waals surface area contributed by atoms with Gasteiger partial charge in [-0.15, -0.1) is 0 Å². The van der Waals surface area contributed by atoms with E-state index in [0.717, 1.165) is 133 Å². The van der Waals surface area contributed by atoms with Crippen molar-refractivity contribution in [1.29, 1.82) is 0 Å². The summed E-state index contributed by atoms with van der Waals surface area (Å²) >= 11 is 0. The largest absolute Gasteiger partial charge is 0.455 e. The van der Waals surface area contributed by atoms with Crippen molar-refractivity contribution in [3.63, 3.8) is 0 Å². The highest BCUT2D eigenvalue weighted by Crippen LogP contribution is 2.43. The maximum Gasteiger partial charge on any atom is 0.164 e. The Morgan fingerprint density at radius 3 is 0.930 bits per heavy atom.